The normalized spacial score (nSPS) is 15.0. The van der Waals surface area contributed by atoms with E-state index in [2.05, 4.69) is 0 Å². The van der Waals surface area contributed by atoms with Crippen LogP contribution in [0.25, 0.3) is 6.08 Å². The van der Waals surface area contributed by atoms with Crippen molar-refractivity contribution in [3.63, 3.8) is 0 Å². The van der Waals surface area contributed by atoms with Crippen molar-refractivity contribution in [2.24, 2.45) is 0 Å². The maximum absolute atomic E-state index is 12.7. The van der Waals surface area contributed by atoms with Crippen LogP contribution in [0.5, 0.6) is 5.75 Å². The Hall–Kier alpha value is -3.17. The lowest BCUT2D eigenvalue weighted by molar-refractivity contribution is -0.384. The number of hydrogen-bond acceptors (Lipinski definition) is 7. The second kappa shape index (κ2) is 9.10. The van der Waals surface area contributed by atoms with E-state index < -0.39 is 28.4 Å². The Morgan fingerprint density at radius 2 is 1.93 bits per heavy atom. The fraction of sp³-hybridized carbons (Fsp3) is 0.150. The maximum Gasteiger partial charge on any atom is 0.293 e. The van der Waals surface area contributed by atoms with Gasteiger partial charge in [0.25, 0.3) is 16.8 Å². The number of amides is 2. The Morgan fingerprint density at radius 1 is 1.23 bits per heavy atom. The van der Waals surface area contributed by atoms with Crippen molar-refractivity contribution < 1.29 is 24.0 Å². The highest BCUT2D eigenvalue weighted by molar-refractivity contribution is 8.18. The number of imide groups is 1. The van der Waals surface area contributed by atoms with E-state index in [0.717, 1.165) is 4.90 Å². The Morgan fingerprint density at radius 3 is 2.57 bits per heavy atom. The predicted molar refractivity (Wildman–Crippen MR) is 113 cm³/mol. The van der Waals surface area contributed by atoms with Gasteiger partial charge < -0.3 is 4.74 Å². The van der Waals surface area contributed by atoms with E-state index in [1.165, 1.54) is 30.3 Å². The third kappa shape index (κ3) is 4.69. The monoisotopic (exact) mass is 446 g/mol. The number of carbonyl (C=O) groups is 3. The lowest BCUT2D eigenvalue weighted by Crippen LogP contribution is -2.33. The zero-order chi connectivity index (χ0) is 21.8. The Labute approximate surface area is 180 Å². The number of rotatable bonds is 7. The molecule has 8 nitrogen and oxygen atoms in total. The first-order chi connectivity index (χ1) is 14.3. The first-order valence-corrected chi connectivity index (χ1v) is 9.95. The van der Waals surface area contributed by atoms with Crippen LogP contribution in [-0.4, -0.2) is 39.9 Å². The van der Waals surface area contributed by atoms with Crippen LogP contribution in [0.1, 0.15) is 22.8 Å². The summed E-state index contributed by atoms with van der Waals surface area (Å²) in [5, 5.41) is 10.6. The van der Waals surface area contributed by atoms with Gasteiger partial charge in [0, 0.05) is 28.3 Å². The minimum absolute atomic E-state index is 0.139. The number of halogens is 1. The molecule has 0 aliphatic carbocycles. The molecule has 2 amide bonds. The van der Waals surface area contributed by atoms with Gasteiger partial charge in [-0.15, -0.1) is 0 Å². The third-order valence-electron chi connectivity index (χ3n) is 4.13. The zero-order valence-electron chi connectivity index (χ0n) is 15.7. The van der Waals surface area contributed by atoms with Gasteiger partial charge in [0.05, 0.1) is 23.0 Å². The Bertz CT molecular complexity index is 1070. The SMILES string of the molecule is CCOc1ccc(Cl)cc1/C=C1/SC(=O)N(CC(=O)c2ccc([N+](=O)[O-])cc2)C1=O. The van der Waals surface area contributed by atoms with Crippen molar-refractivity contribution in [2.75, 3.05) is 13.2 Å². The van der Waals surface area contributed by atoms with E-state index in [0.29, 0.717) is 34.7 Å². The van der Waals surface area contributed by atoms with Crippen LogP contribution in [0.15, 0.2) is 47.4 Å². The molecule has 2 aromatic rings. The van der Waals surface area contributed by atoms with Crippen molar-refractivity contribution in [3.8, 4) is 5.75 Å². The van der Waals surface area contributed by atoms with Gasteiger partial charge in [-0.2, -0.15) is 0 Å². The first kappa shape index (κ1) is 21.5. The molecule has 1 heterocycles. The van der Waals surface area contributed by atoms with Gasteiger partial charge in [0.1, 0.15) is 5.75 Å². The highest BCUT2D eigenvalue weighted by Crippen LogP contribution is 2.35. The van der Waals surface area contributed by atoms with Crippen molar-refractivity contribution in [1.29, 1.82) is 0 Å². The van der Waals surface area contributed by atoms with E-state index in [4.69, 9.17) is 16.3 Å². The van der Waals surface area contributed by atoms with Gasteiger partial charge in [0.2, 0.25) is 0 Å². The molecule has 0 saturated carbocycles. The average molecular weight is 447 g/mol. The minimum atomic E-state index is -0.609. The van der Waals surface area contributed by atoms with Crippen LogP contribution in [0.3, 0.4) is 0 Å². The summed E-state index contributed by atoms with van der Waals surface area (Å²) in [6.07, 6.45) is 1.50. The minimum Gasteiger partial charge on any atom is -0.493 e. The molecule has 1 aliphatic heterocycles. The summed E-state index contributed by atoms with van der Waals surface area (Å²) in [7, 11) is 0. The Kier molecular flexibility index (Phi) is 6.53. The number of non-ortho nitro benzene ring substituents is 1. The van der Waals surface area contributed by atoms with E-state index in [1.807, 2.05) is 6.92 Å². The second-order valence-electron chi connectivity index (χ2n) is 6.11. The van der Waals surface area contributed by atoms with Crippen LogP contribution in [0.4, 0.5) is 10.5 Å². The number of ketones is 1. The molecule has 2 aromatic carbocycles. The molecule has 0 bridgehead atoms. The fourth-order valence-corrected chi connectivity index (χ4v) is 3.71. The molecule has 3 rings (SSSR count). The van der Waals surface area contributed by atoms with Gasteiger partial charge in [-0.3, -0.25) is 29.4 Å². The van der Waals surface area contributed by atoms with E-state index in [1.54, 1.807) is 18.2 Å². The van der Waals surface area contributed by atoms with Gasteiger partial charge in [-0.1, -0.05) is 11.6 Å². The first-order valence-electron chi connectivity index (χ1n) is 8.75. The number of nitro groups is 1. The summed E-state index contributed by atoms with van der Waals surface area (Å²) in [5.41, 5.74) is 0.543. The number of ether oxygens (including phenoxy) is 1. The number of thioether (sulfide) groups is 1. The molecule has 0 atom stereocenters. The molecule has 10 heteroatoms. The van der Waals surface area contributed by atoms with Crippen LogP contribution >= 0.6 is 23.4 Å². The van der Waals surface area contributed by atoms with Gasteiger partial charge in [-0.25, -0.2) is 0 Å². The molecule has 0 radical (unpaired) electrons. The van der Waals surface area contributed by atoms with Gasteiger partial charge in [-0.05, 0) is 55.1 Å². The molecule has 0 unspecified atom stereocenters. The number of Topliss-reactive ketones (excluding diaryl/α,β-unsaturated/α-hetero) is 1. The Balaban J connectivity index is 1.79. The van der Waals surface area contributed by atoms with Crippen LogP contribution in [0, 0.1) is 10.1 Å². The van der Waals surface area contributed by atoms with Crippen LogP contribution in [-0.2, 0) is 4.79 Å². The van der Waals surface area contributed by atoms with E-state index in [9.17, 15) is 24.5 Å². The molecule has 1 fully saturated rings. The quantitative estimate of drug-likeness (QED) is 0.265. The highest BCUT2D eigenvalue weighted by atomic mass is 35.5. The molecular weight excluding hydrogens is 432 g/mol. The number of hydrogen-bond donors (Lipinski definition) is 0. The number of benzene rings is 2. The lowest BCUT2D eigenvalue weighted by atomic mass is 10.1. The lowest BCUT2D eigenvalue weighted by Gasteiger charge is -2.11. The molecule has 0 N–H and O–H groups in total. The summed E-state index contributed by atoms with van der Waals surface area (Å²) in [6.45, 7) is 1.76. The maximum atomic E-state index is 12.7. The average Bonchev–Trinajstić information content (AvgIpc) is 2.97. The van der Waals surface area contributed by atoms with Crippen molar-refractivity contribution in [1.82, 2.24) is 4.90 Å². The van der Waals surface area contributed by atoms with Crippen LogP contribution < -0.4 is 4.74 Å². The third-order valence-corrected chi connectivity index (χ3v) is 5.28. The van der Waals surface area contributed by atoms with Gasteiger partial charge >= 0.3 is 0 Å². The topological polar surface area (TPSA) is 107 Å². The number of carbonyl (C=O) groups excluding carboxylic acids is 3. The summed E-state index contributed by atoms with van der Waals surface area (Å²) >= 11 is 6.73. The molecule has 154 valence electrons. The summed E-state index contributed by atoms with van der Waals surface area (Å²) in [6, 6.07) is 9.89. The zero-order valence-corrected chi connectivity index (χ0v) is 17.2. The summed E-state index contributed by atoms with van der Waals surface area (Å²) < 4.78 is 5.52. The summed E-state index contributed by atoms with van der Waals surface area (Å²) in [4.78, 5) is 48.5. The van der Waals surface area contributed by atoms with Crippen molar-refractivity contribution >= 4 is 52.1 Å². The van der Waals surface area contributed by atoms with E-state index >= 15 is 0 Å². The molecule has 1 aliphatic rings. The standard InChI is InChI=1S/C20H15ClN2O6S/c1-2-29-17-8-5-14(21)9-13(17)10-18-19(25)22(20(26)30-18)11-16(24)12-3-6-15(7-4-12)23(27)28/h3-10H,2,11H2,1H3/b18-10+. The number of nitrogens with zero attached hydrogens (tertiary/aromatic N) is 2. The second-order valence-corrected chi connectivity index (χ2v) is 7.54. The van der Waals surface area contributed by atoms with Crippen molar-refractivity contribution in [2.45, 2.75) is 6.92 Å². The molecule has 30 heavy (non-hydrogen) atoms. The van der Waals surface area contributed by atoms with E-state index in [-0.39, 0.29) is 16.2 Å². The highest BCUT2D eigenvalue weighted by Gasteiger charge is 2.36. The van der Waals surface area contributed by atoms with Crippen LogP contribution in [0.2, 0.25) is 5.02 Å². The molecule has 1 saturated heterocycles. The smallest absolute Gasteiger partial charge is 0.293 e. The van der Waals surface area contributed by atoms with Gasteiger partial charge in [0.15, 0.2) is 5.78 Å². The van der Waals surface area contributed by atoms with Crippen molar-refractivity contribution in [3.05, 3.63) is 73.6 Å². The number of nitro benzene ring substituents is 1. The predicted octanol–water partition coefficient (Wildman–Crippen LogP) is 4.57. The largest absolute Gasteiger partial charge is 0.493 e. The fourth-order valence-electron chi connectivity index (χ4n) is 2.70. The molecule has 0 aromatic heterocycles. The molecular formula is C20H15ClN2O6S. The molecule has 0 spiro atoms. The summed E-state index contributed by atoms with van der Waals surface area (Å²) in [5.74, 6) is -0.607.